The summed E-state index contributed by atoms with van der Waals surface area (Å²) in [6, 6.07) is 48.9. The van der Waals surface area contributed by atoms with E-state index in [1.54, 1.807) is 5.56 Å². The zero-order valence-electron chi connectivity index (χ0n) is 48.2. The standard InChI is InChI=1S/C72H79BN2O/c1-43-36-60-64-61(37-43)75(57-22-19-21-48-47-20-15-16-23-62(47)76-65(48)57)58-38-44(63-49-27-25-45(66(2,3)4)39-51(49)71(13)30-17-18-31-72(63,71)14)24-29-55(58)73(64)56-41-53-54(70(11,12)35-34-69(53,9)10)42-59(56)74(60)46-26-28-50-52(40-46)68(7,8)33-32-67(50,5)6/h15-16,19-29,36-42,63H,17-18,30-35H2,1-14H3. The van der Waals surface area contributed by atoms with Crippen LogP contribution in [0.4, 0.5) is 34.1 Å². The molecule has 0 saturated heterocycles. The molecule has 6 aliphatic rings. The molecule has 8 aromatic rings. The highest BCUT2D eigenvalue weighted by molar-refractivity contribution is 7.00. The molecule has 3 unspecified atom stereocenters. The van der Waals surface area contributed by atoms with Crippen LogP contribution in [0.3, 0.4) is 0 Å². The van der Waals surface area contributed by atoms with Gasteiger partial charge in [-0.2, -0.15) is 0 Å². The number of para-hydroxylation sites is 2. The SMILES string of the molecule is Cc1cc2c3c(c1)N(c1cccc4c1oc1ccccc14)c1cc(C4c5ccc(C(C)(C)C)cc5C5(C)CCCCC45C)ccc1B3c1cc3c(cc1N2c1ccc2c(c1)C(C)(C)CCC2(C)C)C(C)(C)CCC3(C)C. The fourth-order valence-electron chi connectivity index (χ4n) is 16.6. The number of aryl methyl sites for hydroxylation is 1. The lowest BCUT2D eigenvalue weighted by atomic mass is 9.33. The third kappa shape index (κ3) is 6.54. The summed E-state index contributed by atoms with van der Waals surface area (Å²) >= 11 is 0. The molecule has 2 aliphatic heterocycles. The molecule has 4 heteroatoms. The Balaban J connectivity index is 1.08. The molecule has 7 aromatic carbocycles. The molecule has 3 heterocycles. The lowest BCUT2D eigenvalue weighted by molar-refractivity contribution is 0.0923. The summed E-state index contributed by atoms with van der Waals surface area (Å²) in [5, 5.41) is 2.31. The maximum atomic E-state index is 7.10. The minimum Gasteiger partial charge on any atom is -0.454 e. The van der Waals surface area contributed by atoms with Crippen molar-refractivity contribution < 1.29 is 4.42 Å². The average molecular weight is 999 g/mol. The summed E-state index contributed by atoms with van der Waals surface area (Å²) in [7, 11) is 0. The van der Waals surface area contributed by atoms with E-state index in [-0.39, 0.29) is 50.5 Å². The Kier molecular flexibility index (Phi) is 9.93. The van der Waals surface area contributed by atoms with Crippen LogP contribution >= 0.6 is 0 Å². The first-order valence-corrected chi connectivity index (χ1v) is 29.2. The number of hydrogen-bond donors (Lipinski definition) is 0. The Morgan fingerprint density at radius 2 is 1.13 bits per heavy atom. The maximum Gasteiger partial charge on any atom is 0.252 e. The molecule has 1 fully saturated rings. The lowest BCUT2D eigenvalue weighted by Crippen LogP contribution is -2.62. The van der Waals surface area contributed by atoms with Crippen LogP contribution in [-0.2, 0) is 32.5 Å². The van der Waals surface area contributed by atoms with E-state index < -0.39 is 0 Å². The Labute approximate surface area is 454 Å². The summed E-state index contributed by atoms with van der Waals surface area (Å²) in [6.45, 7) is 34.6. The zero-order chi connectivity index (χ0) is 53.0. The average Bonchev–Trinajstić information content (AvgIpc) is 3.67. The number of hydrogen-bond acceptors (Lipinski definition) is 3. The van der Waals surface area contributed by atoms with Crippen molar-refractivity contribution in [1.29, 1.82) is 0 Å². The van der Waals surface area contributed by atoms with E-state index in [1.807, 2.05) is 0 Å². The van der Waals surface area contributed by atoms with Crippen LogP contribution in [0.2, 0.25) is 0 Å². The summed E-state index contributed by atoms with van der Waals surface area (Å²) < 4.78 is 7.10. The first-order valence-electron chi connectivity index (χ1n) is 29.2. The van der Waals surface area contributed by atoms with Gasteiger partial charge in [-0.1, -0.05) is 176 Å². The van der Waals surface area contributed by atoms with Gasteiger partial charge >= 0.3 is 0 Å². The predicted molar refractivity (Wildman–Crippen MR) is 324 cm³/mol. The van der Waals surface area contributed by atoms with Gasteiger partial charge in [0.1, 0.15) is 5.58 Å². The van der Waals surface area contributed by atoms with Crippen LogP contribution in [0.1, 0.15) is 197 Å². The molecule has 0 radical (unpaired) electrons. The van der Waals surface area contributed by atoms with Crippen LogP contribution < -0.4 is 26.2 Å². The molecule has 4 aliphatic carbocycles. The van der Waals surface area contributed by atoms with Crippen molar-refractivity contribution in [2.75, 3.05) is 9.80 Å². The third-order valence-corrected chi connectivity index (χ3v) is 21.6. The van der Waals surface area contributed by atoms with E-state index in [0.29, 0.717) is 0 Å². The molecule has 386 valence electrons. The van der Waals surface area contributed by atoms with Gasteiger partial charge in [0.25, 0.3) is 6.71 Å². The Morgan fingerprint density at radius 1 is 0.500 bits per heavy atom. The largest absolute Gasteiger partial charge is 0.454 e. The minimum atomic E-state index is 0.00640. The second-order valence-corrected chi connectivity index (χ2v) is 29.1. The van der Waals surface area contributed by atoms with Crippen LogP contribution in [0.15, 0.2) is 126 Å². The second kappa shape index (κ2) is 15.6. The van der Waals surface area contributed by atoms with E-state index in [4.69, 9.17) is 4.42 Å². The van der Waals surface area contributed by atoms with Crippen LogP contribution in [0.25, 0.3) is 21.9 Å². The topological polar surface area (TPSA) is 19.6 Å². The zero-order valence-corrected chi connectivity index (χ0v) is 48.2. The molecule has 3 nitrogen and oxygen atoms in total. The van der Waals surface area contributed by atoms with E-state index in [1.165, 1.54) is 141 Å². The summed E-state index contributed by atoms with van der Waals surface area (Å²) in [5.41, 5.74) is 27.3. The molecular weight excluding hydrogens is 920 g/mol. The van der Waals surface area contributed by atoms with E-state index >= 15 is 0 Å². The molecule has 0 bridgehead atoms. The van der Waals surface area contributed by atoms with Crippen molar-refractivity contribution in [3.8, 4) is 0 Å². The van der Waals surface area contributed by atoms with Gasteiger partial charge in [-0.05, 0) is 198 Å². The van der Waals surface area contributed by atoms with Gasteiger partial charge in [-0.15, -0.1) is 0 Å². The fraction of sp³-hybridized carbons (Fsp3) is 0.417. The Morgan fingerprint density at radius 3 is 1.86 bits per heavy atom. The minimum absolute atomic E-state index is 0.00640. The quantitative estimate of drug-likeness (QED) is 0.165. The van der Waals surface area contributed by atoms with Crippen molar-refractivity contribution in [2.24, 2.45) is 5.41 Å². The number of fused-ring (bicyclic) bond motifs is 12. The van der Waals surface area contributed by atoms with Gasteiger partial charge in [-0.25, -0.2) is 0 Å². The van der Waals surface area contributed by atoms with E-state index in [9.17, 15) is 0 Å². The first-order chi connectivity index (χ1) is 35.9. The highest BCUT2D eigenvalue weighted by Crippen LogP contribution is 2.67. The highest BCUT2D eigenvalue weighted by Gasteiger charge is 2.59. The van der Waals surface area contributed by atoms with Gasteiger partial charge < -0.3 is 14.2 Å². The molecule has 1 saturated carbocycles. The number of benzene rings is 7. The first kappa shape index (κ1) is 48.4. The summed E-state index contributed by atoms with van der Waals surface area (Å²) in [6.07, 6.45) is 9.72. The Hall–Kier alpha value is -6.00. The number of furan rings is 1. The van der Waals surface area contributed by atoms with Crippen molar-refractivity contribution in [2.45, 2.75) is 187 Å². The molecule has 14 rings (SSSR count). The van der Waals surface area contributed by atoms with Gasteiger partial charge in [0.2, 0.25) is 0 Å². The van der Waals surface area contributed by atoms with Gasteiger partial charge in [0.05, 0.1) is 5.69 Å². The van der Waals surface area contributed by atoms with Crippen molar-refractivity contribution in [3.05, 3.63) is 171 Å². The molecule has 0 spiro atoms. The van der Waals surface area contributed by atoms with Gasteiger partial charge in [0.15, 0.2) is 5.58 Å². The molecular formula is C72H79BN2O. The second-order valence-electron chi connectivity index (χ2n) is 29.1. The monoisotopic (exact) mass is 999 g/mol. The molecule has 3 atom stereocenters. The van der Waals surface area contributed by atoms with E-state index in [2.05, 4.69) is 228 Å². The molecule has 76 heavy (non-hydrogen) atoms. The van der Waals surface area contributed by atoms with Crippen molar-refractivity contribution >= 4 is 79.2 Å². The van der Waals surface area contributed by atoms with E-state index in [0.717, 1.165) is 27.6 Å². The van der Waals surface area contributed by atoms with Crippen LogP contribution in [-0.4, -0.2) is 6.71 Å². The Bertz CT molecular complexity index is 3800. The molecule has 0 amide bonds. The number of nitrogens with zero attached hydrogens (tertiary/aromatic N) is 2. The molecule has 0 N–H and O–H groups in total. The molecule has 1 aromatic heterocycles. The number of anilines is 6. The smallest absolute Gasteiger partial charge is 0.252 e. The highest BCUT2D eigenvalue weighted by atomic mass is 16.3. The fourth-order valence-corrected chi connectivity index (χ4v) is 16.6. The van der Waals surface area contributed by atoms with Gasteiger partial charge in [-0.3, -0.25) is 0 Å². The normalized spacial score (nSPS) is 24.1. The lowest BCUT2D eigenvalue weighted by Gasteiger charge is -2.49. The van der Waals surface area contributed by atoms with Crippen LogP contribution in [0.5, 0.6) is 0 Å². The van der Waals surface area contributed by atoms with Crippen molar-refractivity contribution in [3.63, 3.8) is 0 Å². The van der Waals surface area contributed by atoms with Gasteiger partial charge in [0, 0.05) is 45.1 Å². The summed E-state index contributed by atoms with van der Waals surface area (Å²) in [5.74, 6) is 0.257. The van der Waals surface area contributed by atoms with Crippen LogP contribution in [0, 0.1) is 12.3 Å². The maximum absolute atomic E-state index is 7.10. The number of rotatable bonds is 3. The third-order valence-electron chi connectivity index (χ3n) is 21.6. The summed E-state index contributed by atoms with van der Waals surface area (Å²) in [4.78, 5) is 5.36. The predicted octanol–water partition coefficient (Wildman–Crippen LogP) is 18.0. The van der Waals surface area contributed by atoms with Crippen molar-refractivity contribution in [1.82, 2.24) is 0 Å².